The zero-order chi connectivity index (χ0) is 21.4. The number of hydrogen-bond donors (Lipinski definition) is 1. The van der Waals surface area contributed by atoms with E-state index < -0.39 is 11.2 Å². The number of aryl methyl sites for hydroxylation is 2. The van der Waals surface area contributed by atoms with E-state index in [2.05, 4.69) is 25.5 Å². The van der Waals surface area contributed by atoms with Gasteiger partial charge in [-0.15, -0.1) is 10.2 Å². The van der Waals surface area contributed by atoms with Crippen molar-refractivity contribution < 1.29 is 9.21 Å². The summed E-state index contributed by atoms with van der Waals surface area (Å²) in [6.07, 6.45) is 1.47. The summed E-state index contributed by atoms with van der Waals surface area (Å²) >= 11 is 2.31. The number of fused-ring (bicyclic) bond motifs is 1. The van der Waals surface area contributed by atoms with Crippen molar-refractivity contribution >= 4 is 45.2 Å². The predicted octanol–water partition coefficient (Wildman–Crippen LogP) is 1.18. The number of anilines is 1. The topological polar surface area (TPSA) is 138 Å². The second-order valence-corrected chi connectivity index (χ2v) is 8.34. The lowest BCUT2D eigenvalue weighted by molar-refractivity contribution is -0.113. The van der Waals surface area contributed by atoms with E-state index in [1.807, 2.05) is 0 Å². The summed E-state index contributed by atoms with van der Waals surface area (Å²) in [5, 5.41) is 11.9. The fourth-order valence-corrected chi connectivity index (χ4v) is 4.11. The van der Waals surface area contributed by atoms with Crippen molar-refractivity contribution in [2.45, 2.75) is 11.9 Å². The van der Waals surface area contributed by atoms with E-state index >= 15 is 0 Å². The Kier molecular flexibility index (Phi) is 5.22. The number of carbonyl (C=O) groups excluding carboxylic acids is 1. The van der Waals surface area contributed by atoms with Crippen molar-refractivity contribution in [3.05, 3.63) is 44.2 Å². The van der Waals surface area contributed by atoms with Crippen LogP contribution >= 0.6 is 23.1 Å². The first kappa shape index (κ1) is 20.0. The van der Waals surface area contributed by atoms with Gasteiger partial charge in [0.1, 0.15) is 15.4 Å². The van der Waals surface area contributed by atoms with E-state index in [0.29, 0.717) is 10.9 Å². The second kappa shape index (κ2) is 7.84. The Morgan fingerprint density at radius 1 is 1.23 bits per heavy atom. The lowest BCUT2D eigenvalue weighted by Gasteiger charge is -2.11. The van der Waals surface area contributed by atoms with E-state index in [0.717, 1.165) is 21.3 Å². The number of rotatable bonds is 5. The van der Waals surface area contributed by atoms with Crippen LogP contribution in [0.1, 0.15) is 5.01 Å². The molecule has 1 N–H and O–H groups in total. The van der Waals surface area contributed by atoms with E-state index in [4.69, 9.17) is 4.42 Å². The molecule has 0 aliphatic carbocycles. The van der Waals surface area contributed by atoms with Crippen LogP contribution in [0, 0.1) is 6.92 Å². The predicted molar refractivity (Wildman–Crippen MR) is 112 cm³/mol. The Hall–Kier alpha value is -3.32. The Bertz CT molecular complexity index is 1370. The average molecular weight is 445 g/mol. The molecule has 0 saturated carbocycles. The zero-order valence-corrected chi connectivity index (χ0v) is 17.7. The molecule has 0 atom stereocenters. The van der Waals surface area contributed by atoms with Crippen LogP contribution in [0.25, 0.3) is 22.6 Å². The maximum Gasteiger partial charge on any atom is 0.332 e. The Labute approximate surface area is 176 Å². The third-order valence-corrected chi connectivity index (χ3v) is 5.85. The van der Waals surface area contributed by atoms with Gasteiger partial charge in [0.15, 0.2) is 17.2 Å². The maximum atomic E-state index is 12.8. The third-order valence-electron chi connectivity index (χ3n) is 4.12. The highest BCUT2D eigenvalue weighted by Gasteiger charge is 2.20. The highest BCUT2D eigenvalue weighted by molar-refractivity contribution is 8.00. The highest BCUT2D eigenvalue weighted by Crippen LogP contribution is 2.26. The molecular weight excluding hydrogens is 430 g/mol. The molecule has 4 heterocycles. The van der Waals surface area contributed by atoms with Crippen molar-refractivity contribution in [1.29, 1.82) is 0 Å². The molecule has 0 aliphatic heterocycles. The molecule has 0 aliphatic rings. The van der Waals surface area contributed by atoms with Gasteiger partial charge >= 0.3 is 5.69 Å². The summed E-state index contributed by atoms with van der Waals surface area (Å²) in [7, 11) is 2.89. The molecule has 154 valence electrons. The van der Waals surface area contributed by atoms with Gasteiger partial charge in [-0.3, -0.25) is 24.0 Å². The molecular formula is C17H15N7O4S2. The Balaban J connectivity index is 1.76. The standard InChI is InChI=1S/C17H15N7O4S2/c1-8-21-22-16(30-8)18-10(25)7-29-14-11-13(23(2)17(27)24(3)15(11)26)19-12(20-14)9-5-4-6-28-9/h4-6H,7H2,1-3H3,(H,18,22,25). The monoisotopic (exact) mass is 445 g/mol. The number of thioether (sulfide) groups is 1. The summed E-state index contributed by atoms with van der Waals surface area (Å²) in [5.41, 5.74) is -0.897. The highest BCUT2D eigenvalue weighted by atomic mass is 32.2. The van der Waals surface area contributed by atoms with Gasteiger partial charge in [-0.1, -0.05) is 23.1 Å². The van der Waals surface area contributed by atoms with Gasteiger partial charge in [0.25, 0.3) is 5.56 Å². The van der Waals surface area contributed by atoms with Crippen LogP contribution in [0.5, 0.6) is 0 Å². The molecule has 4 rings (SSSR count). The normalized spacial score (nSPS) is 11.2. The Morgan fingerprint density at radius 2 is 2.03 bits per heavy atom. The minimum absolute atomic E-state index is 0.0334. The lowest BCUT2D eigenvalue weighted by Crippen LogP contribution is -2.37. The van der Waals surface area contributed by atoms with Gasteiger partial charge in [0.05, 0.1) is 12.0 Å². The number of aromatic nitrogens is 6. The van der Waals surface area contributed by atoms with Crippen LogP contribution in [0.3, 0.4) is 0 Å². The van der Waals surface area contributed by atoms with Gasteiger partial charge in [0, 0.05) is 14.1 Å². The van der Waals surface area contributed by atoms with Gasteiger partial charge in [-0.25, -0.2) is 14.8 Å². The number of carbonyl (C=O) groups is 1. The van der Waals surface area contributed by atoms with Crippen molar-refractivity contribution in [2.75, 3.05) is 11.1 Å². The molecule has 0 unspecified atom stereocenters. The molecule has 11 nitrogen and oxygen atoms in total. The van der Waals surface area contributed by atoms with Crippen LogP contribution in [0.4, 0.5) is 5.13 Å². The van der Waals surface area contributed by atoms with Crippen LogP contribution in [0.2, 0.25) is 0 Å². The minimum atomic E-state index is -0.540. The second-order valence-electron chi connectivity index (χ2n) is 6.20. The van der Waals surface area contributed by atoms with Gasteiger partial charge < -0.3 is 4.42 Å². The van der Waals surface area contributed by atoms with Crippen molar-refractivity contribution in [2.24, 2.45) is 14.1 Å². The van der Waals surface area contributed by atoms with E-state index in [1.54, 1.807) is 19.1 Å². The van der Waals surface area contributed by atoms with Crippen LogP contribution in [-0.4, -0.2) is 41.0 Å². The first-order valence-corrected chi connectivity index (χ1v) is 10.4. The van der Waals surface area contributed by atoms with Gasteiger partial charge in [-0.2, -0.15) is 0 Å². The summed E-state index contributed by atoms with van der Waals surface area (Å²) in [4.78, 5) is 46.2. The molecule has 0 saturated heterocycles. The molecule has 30 heavy (non-hydrogen) atoms. The van der Waals surface area contributed by atoms with Crippen LogP contribution in [-0.2, 0) is 18.9 Å². The van der Waals surface area contributed by atoms with E-state index in [1.165, 1.54) is 36.3 Å². The smallest absolute Gasteiger partial charge is 0.332 e. The lowest BCUT2D eigenvalue weighted by atomic mass is 10.3. The summed E-state index contributed by atoms with van der Waals surface area (Å²) < 4.78 is 7.60. The van der Waals surface area contributed by atoms with E-state index in [9.17, 15) is 14.4 Å². The number of nitrogens with one attached hydrogen (secondary N) is 1. The molecule has 0 aromatic carbocycles. The Morgan fingerprint density at radius 3 is 2.70 bits per heavy atom. The molecule has 1 amide bonds. The summed E-state index contributed by atoms with van der Waals surface area (Å²) in [6.45, 7) is 1.78. The largest absolute Gasteiger partial charge is 0.461 e. The van der Waals surface area contributed by atoms with Crippen molar-refractivity contribution in [1.82, 2.24) is 29.3 Å². The van der Waals surface area contributed by atoms with Crippen LogP contribution < -0.4 is 16.6 Å². The molecule has 4 aromatic rings. The number of hydrogen-bond acceptors (Lipinski definition) is 10. The summed E-state index contributed by atoms with van der Waals surface area (Å²) in [6, 6.07) is 3.34. The quantitative estimate of drug-likeness (QED) is 0.354. The fraction of sp³-hybridized carbons (Fsp3) is 0.235. The van der Waals surface area contributed by atoms with Crippen molar-refractivity contribution in [3.8, 4) is 11.6 Å². The minimum Gasteiger partial charge on any atom is -0.461 e. The van der Waals surface area contributed by atoms with Gasteiger partial charge in [-0.05, 0) is 19.1 Å². The third kappa shape index (κ3) is 3.64. The van der Waals surface area contributed by atoms with E-state index in [-0.39, 0.29) is 33.5 Å². The molecule has 0 bridgehead atoms. The number of furan rings is 1. The molecule has 13 heteroatoms. The molecule has 4 aromatic heterocycles. The SMILES string of the molecule is Cc1nnc(NC(=O)CSc2nc(-c3ccco3)nc3c2c(=O)n(C)c(=O)n3C)s1. The van der Waals surface area contributed by atoms with Gasteiger partial charge in [0.2, 0.25) is 11.0 Å². The fourth-order valence-electron chi connectivity index (χ4n) is 2.69. The zero-order valence-electron chi connectivity index (χ0n) is 16.1. The number of amides is 1. The molecule has 0 fully saturated rings. The van der Waals surface area contributed by atoms with Crippen LogP contribution in [0.15, 0.2) is 37.4 Å². The van der Waals surface area contributed by atoms with Crippen molar-refractivity contribution in [3.63, 3.8) is 0 Å². The molecule has 0 radical (unpaired) electrons. The first-order valence-electron chi connectivity index (χ1n) is 8.59. The first-order chi connectivity index (χ1) is 14.3. The summed E-state index contributed by atoms with van der Waals surface area (Å²) in [5.74, 6) is 0.220. The average Bonchev–Trinajstić information content (AvgIpc) is 3.40. The molecule has 0 spiro atoms. The number of nitrogens with zero attached hydrogens (tertiary/aromatic N) is 6. The maximum absolute atomic E-state index is 12.8.